The van der Waals surface area contributed by atoms with Crippen molar-refractivity contribution in [1.82, 2.24) is 15.1 Å². The van der Waals surface area contributed by atoms with Crippen molar-refractivity contribution < 1.29 is 18.7 Å². The van der Waals surface area contributed by atoms with Crippen molar-refractivity contribution in [3.05, 3.63) is 64.9 Å². The maximum atomic E-state index is 12.8. The third kappa shape index (κ3) is 7.43. The number of benzene rings is 2. The first kappa shape index (κ1) is 22.9. The quantitative estimate of drug-likeness (QED) is 0.627. The first-order chi connectivity index (χ1) is 15.0. The molecule has 0 radical (unpaired) electrons. The monoisotopic (exact) mass is 447 g/mol. The van der Waals surface area contributed by atoms with Crippen LogP contribution in [0.3, 0.4) is 0 Å². The molecule has 8 heteroatoms. The van der Waals surface area contributed by atoms with Gasteiger partial charge in [0.25, 0.3) is 0 Å². The molecule has 0 aromatic heterocycles. The molecule has 2 aromatic carbocycles. The molecule has 0 atom stereocenters. The number of nitrogens with one attached hydrogen (secondary N) is 1. The number of amides is 3. The Morgan fingerprint density at radius 1 is 0.935 bits per heavy atom. The first-order valence-electron chi connectivity index (χ1n) is 10.4. The van der Waals surface area contributed by atoms with Crippen LogP contribution in [0.2, 0.25) is 5.02 Å². The van der Waals surface area contributed by atoms with Crippen LogP contribution in [0.25, 0.3) is 0 Å². The van der Waals surface area contributed by atoms with Gasteiger partial charge in [-0.25, -0.2) is 9.18 Å². The molecule has 1 fully saturated rings. The van der Waals surface area contributed by atoms with Gasteiger partial charge in [-0.3, -0.25) is 4.79 Å². The maximum Gasteiger partial charge on any atom is 0.317 e. The second-order valence-corrected chi connectivity index (χ2v) is 7.85. The summed E-state index contributed by atoms with van der Waals surface area (Å²) in [5, 5.41) is 3.56. The number of urea groups is 1. The molecule has 3 amide bonds. The van der Waals surface area contributed by atoms with Gasteiger partial charge in [0.15, 0.2) is 0 Å². The molecule has 1 aliphatic heterocycles. The second kappa shape index (κ2) is 11.6. The number of halogens is 2. The van der Waals surface area contributed by atoms with E-state index in [2.05, 4.69) is 5.32 Å². The Hall–Kier alpha value is -2.80. The SMILES string of the molecule is O=C(Cc1ccc(Cl)cc1)N1CCN(C(=O)NCCCCOc2ccc(F)cc2)CC1. The van der Waals surface area contributed by atoms with Crippen LogP contribution in [0.1, 0.15) is 18.4 Å². The Balaban J connectivity index is 1.27. The van der Waals surface area contributed by atoms with Crippen LogP contribution < -0.4 is 10.1 Å². The fourth-order valence-electron chi connectivity index (χ4n) is 3.30. The van der Waals surface area contributed by atoms with Crippen molar-refractivity contribution in [3.8, 4) is 5.75 Å². The van der Waals surface area contributed by atoms with Gasteiger partial charge >= 0.3 is 6.03 Å². The minimum Gasteiger partial charge on any atom is -0.494 e. The van der Waals surface area contributed by atoms with Crippen LogP contribution >= 0.6 is 11.6 Å². The predicted octanol–water partition coefficient (Wildman–Crippen LogP) is 3.73. The summed E-state index contributed by atoms with van der Waals surface area (Å²) in [4.78, 5) is 28.3. The van der Waals surface area contributed by atoms with Crippen molar-refractivity contribution in [1.29, 1.82) is 0 Å². The van der Waals surface area contributed by atoms with E-state index in [1.807, 2.05) is 12.1 Å². The number of ether oxygens (including phenoxy) is 1. The van der Waals surface area contributed by atoms with E-state index in [1.54, 1.807) is 34.1 Å². The summed E-state index contributed by atoms with van der Waals surface area (Å²) in [6, 6.07) is 13.1. The van der Waals surface area contributed by atoms with E-state index in [1.165, 1.54) is 12.1 Å². The van der Waals surface area contributed by atoms with Gasteiger partial charge in [0, 0.05) is 37.7 Å². The molecule has 3 rings (SSSR count). The molecule has 6 nitrogen and oxygen atoms in total. The summed E-state index contributed by atoms with van der Waals surface area (Å²) in [5.74, 6) is 0.402. The van der Waals surface area contributed by atoms with E-state index in [9.17, 15) is 14.0 Å². The van der Waals surface area contributed by atoms with Crippen LogP contribution in [0.5, 0.6) is 5.75 Å². The zero-order valence-electron chi connectivity index (χ0n) is 17.4. The molecule has 1 aliphatic rings. The van der Waals surface area contributed by atoms with Crippen molar-refractivity contribution in [2.75, 3.05) is 39.3 Å². The number of rotatable bonds is 8. The summed E-state index contributed by atoms with van der Waals surface area (Å²) in [6.45, 7) is 3.17. The van der Waals surface area contributed by atoms with Crippen molar-refractivity contribution >= 4 is 23.5 Å². The lowest BCUT2D eigenvalue weighted by Gasteiger charge is -2.34. The molecule has 0 unspecified atom stereocenters. The molecule has 166 valence electrons. The van der Waals surface area contributed by atoms with Gasteiger partial charge in [0.1, 0.15) is 11.6 Å². The number of carbonyl (C=O) groups is 2. The molecule has 0 spiro atoms. The molecular formula is C23H27ClFN3O3. The zero-order valence-corrected chi connectivity index (χ0v) is 18.1. The lowest BCUT2D eigenvalue weighted by molar-refractivity contribution is -0.131. The highest BCUT2D eigenvalue weighted by Crippen LogP contribution is 2.13. The Morgan fingerprint density at radius 3 is 2.26 bits per heavy atom. The molecule has 1 heterocycles. The van der Waals surface area contributed by atoms with Crippen LogP contribution in [0.15, 0.2) is 48.5 Å². The van der Waals surface area contributed by atoms with E-state index in [-0.39, 0.29) is 17.8 Å². The molecule has 1 N–H and O–H groups in total. The lowest BCUT2D eigenvalue weighted by Crippen LogP contribution is -2.53. The number of nitrogens with zero attached hydrogens (tertiary/aromatic N) is 2. The molecule has 2 aromatic rings. The van der Waals surface area contributed by atoms with Crippen LogP contribution in [0.4, 0.5) is 9.18 Å². The normalized spacial score (nSPS) is 13.7. The highest BCUT2D eigenvalue weighted by Gasteiger charge is 2.23. The Morgan fingerprint density at radius 2 is 1.58 bits per heavy atom. The van der Waals surface area contributed by atoms with E-state index in [0.29, 0.717) is 56.5 Å². The second-order valence-electron chi connectivity index (χ2n) is 7.41. The van der Waals surface area contributed by atoms with Gasteiger partial charge in [-0.2, -0.15) is 0 Å². The Kier molecular flexibility index (Phi) is 8.53. The highest BCUT2D eigenvalue weighted by molar-refractivity contribution is 6.30. The number of hydrogen-bond donors (Lipinski definition) is 1. The molecule has 0 aliphatic carbocycles. The van der Waals surface area contributed by atoms with Gasteiger partial charge in [0.2, 0.25) is 5.91 Å². The van der Waals surface area contributed by atoms with Crippen LogP contribution in [0, 0.1) is 5.82 Å². The van der Waals surface area contributed by atoms with Crippen molar-refractivity contribution in [2.45, 2.75) is 19.3 Å². The van der Waals surface area contributed by atoms with Gasteiger partial charge in [-0.05, 0) is 54.8 Å². The topological polar surface area (TPSA) is 61.9 Å². The summed E-state index contributed by atoms with van der Waals surface area (Å²) >= 11 is 5.88. The number of carbonyl (C=O) groups excluding carboxylic acids is 2. The third-order valence-corrected chi connectivity index (χ3v) is 5.37. The van der Waals surface area contributed by atoms with Gasteiger partial charge in [-0.15, -0.1) is 0 Å². The zero-order chi connectivity index (χ0) is 22.1. The standard InChI is InChI=1S/C23H27ClFN3O3/c24-19-5-3-18(4-6-19)17-22(29)27-12-14-28(15-13-27)23(30)26-11-1-2-16-31-21-9-7-20(25)8-10-21/h3-10H,1-2,11-17H2,(H,26,30). The smallest absolute Gasteiger partial charge is 0.317 e. The Bertz CT molecular complexity index is 853. The average Bonchev–Trinajstić information content (AvgIpc) is 2.79. The number of hydrogen-bond acceptors (Lipinski definition) is 3. The molecule has 31 heavy (non-hydrogen) atoms. The van der Waals surface area contributed by atoms with Gasteiger partial charge in [-0.1, -0.05) is 23.7 Å². The fraction of sp³-hybridized carbons (Fsp3) is 0.391. The minimum atomic E-state index is -0.290. The first-order valence-corrected chi connectivity index (χ1v) is 10.8. The third-order valence-electron chi connectivity index (χ3n) is 5.12. The summed E-state index contributed by atoms with van der Waals surface area (Å²) < 4.78 is 18.4. The largest absolute Gasteiger partial charge is 0.494 e. The van der Waals surface area contributed by atoms with Crippen LogP contribution in [-0.4, -0.2) is 61.1 Å². The molecule has 1 saturated heterocycles. The molecule has 0 bridgehead atoms. The summed E-state index contributed by atoms with van der Waals surface area (Å²) in [6.07, 6.45) is 1.90. The van der Waals surface area contributed by atoms with Gasteiger partial charge in [0.05, 0.1) is 13.0 Å². The average molecular weight is 448 g/mol. The van der Waals surface area contributed by atoms with Crippen molar-refractivity contribution in [3.63, 3.8) is 0 Å². The summed E-state index contributed by atoms with van der Waals surface area (Å²) in [5.41, 5.74) is 0.929. The Labute approximate surface area is 186 Å². The van der Waals surface area contributed by atoms with Gasteiger partial charge < -0.3 is 19.9 Å². The molecular weight excluding hydrogens is 421 g/mol. The van der Waals surface area contributed by atoms with E-state index < -0.39 is 0 Å². The van der Waals surface area contributed by atoms with E-state index >= 15 is 0 Å². The molecule has 0 saturated carbocycles. The number of piperazine rings is 1. The van der Waals surface area contributed by atoms with Crippen LogP contribution in [-0.2, 0) is 11.2 Å². The van der Waals surface area contributed by atoms with E-state index in [0.717, 1.165) is 18.4 Å². The fourth-order valence-corrected chi connectivity index (χ4v) is 3.43. The highest BCUT2D eigenvalue weighted by atomic mass is 35.5. The van der Waals surface area contributed by atoms with Crippen molar-refractivity contribution in [2.24, 2.45) is 0 Å². The lowest BCUT2D eigenvalue weighted by atomic mass is 10.1. The summed E-state index contributed by atoms with van der Waals surface area (Å²) in [7, 11) is 0. The minimum absolute atomic E-state index is 0.0588. The van der Waals surface area contributed by atoms with E-state index in [4.69, 9.17) is 16.3 Å². The number of unbranched alkanes of at least 4 members (excludes halogenated alkanes) is 1. The maximum absolute atomic E-state index is 12.8. The predicted molar refractivity (Wildman–Crippen MR) is 118 cm³/mol.